The molecule has 0 saturated heterocycles. The van der Waals surface area contributed by atoms with E-state index in [4.69, 9.17) is 9.15 Å². The topological polar surface area (TPSA) is 71.7 Å². The van der Waals surface area contributed by atoms with Crippen LogP contribution in [0.5, 0.6) is 5.75 Å². The molecule has 2 N–H and O–H groups in total. The predicted octanol–water partition coefficient (Wildman–Crippen LogP) is 3.00. The summed E-state index contributed by atoms with van der Waals surface area (Å²) in [6.07, 6.45) is -0.657. The van der Waals surface area contributed by atoms with Gasteiger partial charge in [-0.25, -0.2) is 0 Å². The van der Waals surface area contributed by atoms with E-state index in [1.807, 2.05) is 38.1 Å². The molecule has 130 valence electrons. The summed E-state index contributed by atoms with van der Waals surface area (Å²) in [6, 6.07) is 9.29. The molecule has 0 fully saturated rings. The molecule has 1 aromatic heterocycles. The van der Waals surface area contributed by atoms with Gasteiger partial charge in [-0.3, -0.25) is 4.79 Å². The summed E-state index contributed by atoms with van der Waals surface area (Å²) in [7, 11) is 0. The van der Waals surface area contributed by atoms with E-state index in [-0.39, 0.29) is 12.5 Å². The Bertz CT molecular complexity index is 701. The summed E-state index contributed by atoms with van der Waals surface area (Å²) in [4.78, 5) is 12.2. The molecule has 0 saturated carbocycles. The van der Waals surface area contributed by atoms with Crippen molar-refractivity contribution >= 4 is 5.91 Å². The lowest BCUT2D eigenvalue weighted by Crippen LogP contribution is -2.43. The van der Waals surface area contributed by atoms with E-state index in [0.29, 0.717) is 17.1 Å². The van der Waals surface area contributed by atoms with E-state index in [0.717, 1.165) is 11.3 Å². The summed E-state index contributed by atoms with van der Waals surface area (Å²) in [5, 5.41) is 13.3. The molecule has 1 heterocycles. The summed E-state index contributed by atoms with van der Waals surface area (Å²) in [5.41, 5.74) is 0.592. The van der Waals surface area contributed by atoms with Crippen LogP contribution < -0.4 is 10.1 Å². The molecule has 2 rings (SSSR count). The number of hydrogen-bond donors (Lipinski definition) is 2. The number of furan rings is 1. The fourth-order valence-electron chi connectivity index (χ4n) is 2.54. The number of amides is 1. The molecule has 0 spiro atoms. The number of carbonyl (C=O) groups is 1. The van der Waals surface area contributed by atoms with Crippen LogP contribution in [0.1, 0.15) is 36.5 Å². The Hall–Kier alpha value is -2.27. The zero-order chi connectivity index (χ0) is 17.9. The normalized spacial score (nSPS) is 14.8. The highest BCUT2D eigenvalue weighted by molar-refractivity contribution is 5.80. The standard InChI is InChI=1S/C19H25NO4/c1-12-6-8-16(9-7-12)24-15(4)18(21)20-11-19(5,22)17-10-13(2)23-14(17)3/h6-10,15,22H,11H2,1-5H3,(H,20,21). The van der Waals surface area contributed by atoms with Gasteiger partial charge in [0.25, 0.3) is 5.91 Å². The second kappa shape index (κ2) is 7.09. The van der Waals surface area contributed by atoms with E-state index >= 15 is 0 Å². The molecule has 1 aromatic carbocycles. The van der Waals surface area contributed by atoms with Gasteiger partial charge in [-0.2, -0.15) is 0 Å². The number of ether oxygens (including phenoxy) is 1. The average Bonchev–Trinajstić information content (AvgIpc) is 2.86. The fourth-order valence-corrected chi connectivity index (χ4v) is 2.54. The maximum atomic E-state index is 12.2. The highest BCUT2D eigenvalue weighted by atomic mass is 16.5. The zero-order valence-corrected chi connectivity index (χ0v) is 14.8. The first-order chi connectivity index (χ1) is 11.2. The first-order valence-electron chi connectivity index (χ1n) is 8.00. The highest BCUT2D eigenvalue weighted by Gasteiger charge is 2.29. The van der Waals surface area contributed by atoms with Crippen molar-refractivity contribution in [2.24, 2.45) is 0 Å². The van der Waals surface area contributed by atoms with Gasteiger partial charge < -0.3 is 19.6 Å². The summed E-state index contributed by atoms with van der Waals surface area (Å²) < 4.78 is 11.1. The molecule has 0 bridgehead atoms. The average molecular weight is 331 g/mol. The van der Waals surface area contributed by atoms with Crippen LogP contribution in [0.2, 0.25) is 0 Å². The molecular formula is C19H25NO4. The smallest absolute Gasteiger partial charge is 0.260 e. The number of nitrogens with one attached hydrogen (secondary N) is 1. The van der Waals surface area contributed by atoms with Crippen molar-refractivity contribution in [3.05, 3.63) is 53.0 Å². The van der Waals surface area contributed by atoms with Gasteiger partial charge in [-0.1, -0.05) is 17.7 Å². The van der Waals surface area contributed by atoms with Crippen molar-refractivity contribution in [3.63, 3.8) is 0 Å². The third-order valence-corrected chi connectivity index (χ3v) is 3.93. The number of carbonyl (C=O) groups excluding carboxylic acids is 1. The Morgan fingerprint density at radius 3 is 2.46 bits per heavy atom. The zero-order valence-electron chi connectivity index (χ0n) is 14.8. The van der Waals surface area contributed by atoms with E-state index in [1.165, 1.54) is 0 Å². The summed E-state index contributed by atoms with van der Waals surface area (Å²) in [5.74, 6) is 1.73. The number of aryl methyl sites for hydroxylation is 3. The van der Waals surface area contributed by atoms with Crippen LogP contribution in [0.25, 0.3) is 0 Å². The quantitative estimate of drug-likeness (QED) is 0.853. The first kappa shape index (κ1) is 18.1. The highest BCUT2D eigenvalue weighted by Crippen LogP contribution is 2.26. The van der Waals surface area contributed by atoms with E-state index < -0.39 is 11.7 Å². The second-order valence-corrected chi connectivity index (χ2v) is 6.39. The van der Waals surface area contributed by atoms with Gasteiger partial charge >= 0.3 is 0 Å². The molecular weight excluding hydrogens is 306 g/mol. The largest absolute Gasteiger partial charge is 0.481 e. The van der Waals surface area contributed by atoms with Gasteiger partial charge in [-0.15, -0.1) is 0 Å². The number of hydrogen-bond acceptors (Lipinski definition) is 4. The minimum absolute atomic E-state index is 0.0766. The van der Waals surface area contributed by atoms with Crippen LogP contribution in [0, 0.1) is 20.8 Å². The molecule has 0 radical (unpaired) electrons. The molecule has 2 atom stereocenters. The summed E-state index contributed by atoms with van der Waals surface area (Å²) >= 11 is 0. The molecule has 5 heteroatoms. The first-order valence-corrected chi connectivity index (χ1v) is 8.00. The van der Waals surface area contributed by atoms with E-state index in [2.05, 4.69) is 5.32 Å². The molecule has 1 amide bonds. The van der Waals surface area contributed by atoms with Crippen LogP contribution in [-0.2, 0) is 10.4 Å². The second-order valence-electron chi connectivity index (χ2n) is 6.39. The van der Waals surface area contributed by atoms with Crippen LogP contribution >= 0.6 is 0 Å². The van der Waals surface area contributed by atoms with Gasteiger partial charge in [0, 0.05) is 5.56 Å². The molecule has 0 aliphatic rings. The van der Waals surface area contributed by atoms with Gasteiger partial charge in [0.2, 0.25) is 0 Å². The SMILES string of the molecule is Cc1ccc(OC(C)C(=O)NCC(C)(O)c2cc(C)oc2C)cc1. The third kappa shape index (κ3) is 4.38. The maximum Gasteiger partial charge on any atom is 0.260 e. The van der Waals surface area contributed by atoms with Crippen LogP contribution in [0.15, 0.2) is 34.7 Å². The van der Waals surface area contributed by atoms with Gasteiger partial charge in [0.15, 0.2) is 6.10 Å². The lowest BCUT2D eigenvalue weighted by Gasteiger charge is -2.24. The molecule has 5 nitrogen and oxygen atoms in total. The van der Waals surface area contributed by atoms with Gasteiger partial charge in [-0.05, 0) is 52.8 Å². The Morgan fingerprint density at radius 1 is 1.29 bits per heavy atom. The van der Waals surface area contributed by atoms with Crippen LogP contribution in [0.3, 0.4) is 0 Å². The minimum Gasteiger partial charge on any atom is -0.481 e. The monoisotopic (exact) mass is 331 g/mol. The van der Waals surface area contributed by atoms with E-state index in [9.17, 15) is 9.90 Å². The van der Waals surface area contributed by atoms with E-state index in [1.54, 1.807) is 26.8 Å². The number of aliphatic hydroxyl groups is 1. The Labute approximate surface area is 142 Å². The Morgan fingerprint density at radius 2 is 1.92 bits per heavy atom. The van der Waals surface area contributed by atoms with Crippen molar-refractivity contribution in [3.8, 4) is 5.75 Å². The number of rotatable bonds is 6. The van der Waals surface area contributed by atoms with Gasteiger partial charge in [0.1, 0.15) is 22.9 Å². The lowest BCUT2D eigenvalue weighted by molar-refractivity contribution is -0.128. The maximum absolute atomic E-state index is 12.2. The fraction of sp³-hybridized carbons (Fsp3) is 0.421. The minimum atomic E-state index is -1.21. The van der Waals surface area contributed by atoms with Crippen molar-refractivity contribution < 1.29 is 19.1 Å². The molecule has 0 aliphatic heterocycles. The summed E-state index contributed by atoms with van der Waals surface area (Å²) in [6.45, 7) is 9.01. The molecule has 2 aromatic rings. The molecule has 0 aliphatic carbocycles. The lowest BCUT2D eigenvalue weighted by atomic mass is 9.96. The Kier molecular flexibility index (Phi) is 5.34. The third-order valence-electron chi connectivity index (χ3n) is 3.93. The number of benzene rings is 1. The van der Waals surface area contributed by atoms with Crippen molar-refractivity contribution in [1.29, 1.82) is 0 Å². The Balaban J connectivity index is 1.94. The van der Waals surface area contributed by atoms with Gasteiger partial charge in [0.05, 0.1) is 6.54 Å². The predicted molar refractivity (Wildman–Crippen MR) is 92.0 cm³/mol. The van der Waals surface area contributed by atoms with Crippen molar-refractivity contribution in [2.45, 2.75) is 46.3 Å². The molecule has 2 unspecified atom stereocenters. The van der Waals surface area contributed by atoms with Crippen molar-refractivity contribution in [1.82, 2.24) is 5.32 Å². The van der Waals surface area contributed by atoms with Crippen LogP contribution in [-0.4, -0.2) is 23.7 Å². The van der Waals surface area contributed by atoms with Crippen LogP contribution in [0.4, 0.5) is 0 Å². The van der Waals surface area contributed by atoms with Crippen molar-refractivity contribution in [2.75, 3.05) is 6.54 Å². The molecule has 24 heavy (non-hydrogen) atoms.